The van der Waals surface area contributed by atoms with Gasteiger partial charge in [-0.3, -0.25) is 0 Å². The van der Waals surface area contributed by atoms with Crippen molar-refractivity contribution in [1.29, 1.82) is 0 Å². The number of ether oxygens (including phenoxy) is 1. The maximum Gasteiger partial charge on any atom is 0.409 e. The fraction of sp³-hybridized carbons (Fsp3) is 0. The lowest BCUT2D eigenvalue weighted by molar-refractivity contribution is 0.225. The summed E-state index contributed by atoms with van der Waals surface area (Å²) in [5.41, 5.74) is 1.17. The molecule has 0 aliphatic carbocycles. The van der Waals surface area contributed by atoms with Crippen LogP contribution < -0.4 is 10.2 Å². The van der Waals surface area contributed by atoms with Crippen LogP contribution in [0.25, 0.3) is 0 Å². The summed E-state index contributed by atoms with van der Waals surface area (Å²) in [5, 5.41) is 10.1. The van der Waals surface area contributed by atoms with E-state index < -0.39 is 5.43 Å². The van der Waals surface area contributed by atoms with Crippen molar-refractivity contribution < 1.29 is 9.53 Å². The molecule has 0 amide bonds. The van der Waals surface area contributed by atoms with E-state index in [1.54, 1.807) is 5.48 Å². The average molecular weight is 187 g/mol. The molecule has 0 heterocycles. The van der Waals surface area contributed by atoms with Crippen LogP contribution in [0.1, 0.15) is 0 Å². The van der Waals surface area contributed by atoms with Gasteiger partial charge in [-0.15, -0.1) is 0 Å². The smallest absolute Gasteiger partial charge is 0.409 e. The minimum atomic E-state index is -0.905. The van der Waals surface area contributed by atoms with Gasteiger partial charge in [-0.25, -0.2) is 4.79 Å². The molecule has 1 aromatic carbocycles. The lowest BCUT2D eigenvalue weighted by atomic mass is 10.3. The number of hydrogen-bond acceptors (Lipinski definition) is 4. The van der Waals surface area contributed by atoms with Crippen LogP contribution >= 0.6 is 11.6 Å². The topological polar surface area (TPSA) is 61.4 Å². The van der Waals surface area contributed by atoms with Crippen molar-refractivity contribution in [2.45, 2.75) is 0 Å². The number of nitrogens with one attached hydrogen (secondary N) is 1. The van der Waals surface area contributed by atoms with Crippen LogP contribution in [0.4, 0.5) is 10.5 Å². The summed E-state index contributed by atoms with van der Waals surface area (Å²) in [6, 6.07) is 5.87. The molecule has 0 aliphatic rings. The van der Waals surface area contributed by atoms with Gasteiger partial charge in [0.2, 0.25) is 0 Å². The van der Waals surface area contributed by atoms with Gasteiger partial charge in [0.15, 0.2) is 0 Å². The fourth-order valence-electron chi connectivity index (χ4n) is 0.684. The monoisotopic (exact) mass is 186 g/mol. The first-order chi connectivity index (χ1) is 5.72. The number of carbonyl (C=O) groups excluding carboxylic acids is 1. The van der Waals surface area contributed by atoms with E-state index in [-0.39, 0.29) is 0 Å². The van der Waals surface area contributed by atoms with Crippen molar-refractivity contribution in [3.63, 3.8) is 0 Å². The molecule has 0 atom stereocenters. The first-order valence-corrected chi connectivity index (χ1v) is 3.45. The maximum absolute atomic E-state index is 10.2. The predicted octanol–water partition coefficient (Wildman–Crippen LogP) is 2.33. The van der Waals surface area contributed by atoms with E-state index >= 15 is 0 Å². The summed E-state index contributed by atoms with van der Waals surface area (Å²) in [4.78, 5) is 10.2. The summed E-state index contributed by atoms with van der Waals surface area (Å²) >= 11 is 4.95. The zero-order valence-electron chi connectivity index (χ0n) is 5.91. The average Bonchev–Trinajstić information content (AvgIpc) is 2.05. The van der Waals surface area contributed by atoms with Crippen LogP contribution in [-0.4, -0.2) is 5.43 Å². The summed E-state index contributed by atoms with van der Waals surface area (Å²) in [6.07, 6.45) is 0. The number of halogens is 1. The quantitative estimate of drug-likeness (QED) is 0.569. The number of anilines is 1. The molecule has 0 aliphatic heterocycles. The Morgan fingerprint density at radius 3 is 2.42 bits per heavy atom. The molecular weight excluding hydrogens is 182 g/mol. The van der Waals surface area contributed by atoms with E-state index in [4.69, 9.17) is 11.6 Å². The highest BCUT2D eigenvalue weighted by Crippen LogP contribution is 2.15. The van der Waals surface area contributed by atoms with Crippen molar-refractivity contribution in [2.75, 3.05) is 5.48 Å². The normalized spacial score (nSPS) is 9.17. The molecule has 0 unspecified atom stereocenters. The van der Waals surface area contributed by atoms with Crippen molar-refractivity contribution >= 4 is 22.7 Å². The minimum Gasteiger partial charge on any atom is -0.761 e. The van der Waals surface area contributed by atoms with E-state index in [0.29, 0.717) is 11.4 Å². The molecule has 0 saturated heterocycles. The van der Waals surface area contributed by atoms with Crippen molar-refractivity contribution in [3.8, 4) is 5.75 Å². The van der Waals surface area contributed by atoms with Crippen LogP contribution in [0.5, 0.6) is 5.75 Å². The largest absolute Gasteiger partial charge is 0.761 e. The van der Waals surface area contributed by atoms with Crippen molar-refractivity contribution in [2.24, 2.45) is 0 Å². The molecule has 0 spiro atoms. The number of benzene rings is 1. The molecule has 0 fully saturated rings. The standard InChI is InChI=1S/C7H5ClNO3/c8-7(10)12-6-3-1-5(9-11)2-4-6/h1-4,9H/q-1. The zero-order chi connectivity index (χ0) is 8.97. The maximum atomic E-state index is 10.2. The first kappa shape index (κ1) is 8.83. The Bertz CT molecular complexity index is 272. The van der Waals surface area contributed by atoms with Crippen molar-refractivity contribution in [3.05, 3.63) is 29.5 Å². The third-order valence-electron chi connectivity index (χ3n) is 1.17. The first-order valence-electron chi connectivity index (χ1n) is 3.08. The van der Waals surface area contributed by atoms with E-state index in [0.717, 1.165) is 0 Å². The SMILES string of the molecule is O=C(Cl)Oc1ccc(N[O-])cc1. The molecule has 1 rings (SSSR count). The minimum absolute atomic E-state index is 0.300. The van der Waals surface area contributed by atoms with Gasteiger partial charge in [-0.2, -0.15) is 0 Å². The summed E-state index contributed by atoms with van der Waals surface area (Å²) in [6.45, 7) is 0. The summed E-state index contributed by atoms with van der Waals surface area (Å²) in [7, 11) is 0. The van der Waals surface area contributed by atoms with Crippen LogP contribution in [0.3, 0.4) is 0 Å². The second kappa shape index (κ2) is 3.94. The molecule has 0 saturated carbocycles. The van der Waals surface area contributed by atoms with Crippen molar-refractivity contribution in [1.82, 2.24) is 0 Å². The molecule has 1 aromatic rings. The van der Waals surface area contributed by atoms with Crippen LogP contribution in [-0.2, 0) is 0 Å². The van der Waals surface area contributed by atoms with Crippen LogP contribution in [0.15, 0.2) is 24.3 Å². The predicted molar refractivity (Wildman–Crippen MR) is 45.3 cm³/mol. The highest BCUT2D eigenvalue weighted by atomic mass is 35.5. The Balaban J connectivity index is 2.71. The highest BCUT2D eigenvalue weighted by molar-refractivity contribution is 6.61. The highest BCUT2D eigenvalue weighted by Gasteiger charge is 1.97. The fourth-order valence-corrected chi connectivity index (χ4v) is 0.773. The molecule has 0 radical (unpaired) electrons. The lowest BCUT2D eigenvalue weighted by Gasteiger charge is -2.08. The second-order valence-corrected chi connectivity index (χ2v) is 2.27. The molecular formula is C7H5ClNO3-. The molecule has 4 nitrogen and oxygen atoms in total. The molecule has 12 heavy (non-hydrogen) atoms. The van der Waals surface area contributed by atoms with E-state index in [1.807, 2.05) is 0 Å². The number of rotatable bonds is 2. The summed E-state index contributed by atoms with van der Waals surface area (Å²) < 4.78 is 4.51. The third kappa shape index (κ3) is 2.41. The lowest BCUT2D eigenvalue weighted by Crippen LogP contribution is -1.95. The summed E-state index contributed by atoms with van der Waals surface area (Å²) in [5.74, 6) is 0.300. The number of carbonyl (C=O) groups is 1. The molecule has 1 N–H and O–H groups in total. The van der Waals surface area contributed by atoms with E-state index in [2.05, 4.69) is 4.74 Å². The van der Waals surface area contributed by atoms with Gasteiger partial charge in [0.05, 0.1) is 0 Å². The van der Waals surface area contributed by atoms with Gasteiger partial charge in [0, 0.05) is 17.3 Å². The van der Waals surface area contributed by atoms with Gasteiger partial charge in [0.1, 0.15) is 5.75 Å². The van der Waals surface area contributed by atoms with E-state index in [9.17, 15) is 10.0 Å². The van der Waals surface area contributed by atoms with Gasteiger partial charge in [0.25, 0.3) is 0 Å². The van der Waals surface area contributed by atoms with Gasteiger partial charge < -0.3 is 15.4 Å². The number of hydrogen-bond donors (Lipinski definition) is 1. The van der Waals surface area contributed by atoms with Gasteiger partial charge in [-0.05, 0) is 24.3 Å². The van der Waals surface area contributed by atoms with Gasteiger partial charge in [-0.1, -0.05) is 0 Å². The molecule has 5 heteroatoms. The second-order valence-electron chi connectivity index (χ2n) is 1.97. The Kier molecular flexibility index (Phi) is 2.90. The Morgan fingerprint density at radius 2 is 2.00 bits per heavy atom. The van der Waals surface area contributed by atoms with Crippen LogP contribution in [0, 0.1) is 5.21 Å². The Labute approximate surface area is 73.7 Å². The zero-order valence-corrected chi connectivity index (χ0v) is 6.67. The third-order valence-corrected chi connectivity index (χ3v) is 1.25. The van der Waals surface area contributed by atoms with Crippen LogP contribution in [0.2, 0.25) is 0 Å². The Hall–Kier alpha value is -1.26. The molecule has 0 aromatic heterocycles. The van der Waals surface area contributed by atoms with E-state index in [1.165, 1.54) is 24.3 Å². The molecule has 64 valence electrons. The van der Waals surface area contributed by atoms with Gasteiger partial charge >= 0.3 is 5.43 Å². The Morgan fingerprint density at radius 1 is 1.42 bits per heavy atom. The molecule has 0 bridgehead atoms.